The number of hydrogen-bond donors (Lipinski definition) is 4. The largest absolute Gasteiger partial charge is 0.486 e. The van der Waals surface area contributed by atoms with Crippen molar-refractivity contribution < 1.29 is 23.9 Å². The molecule has 0 aromatic heterocycles. The monoisotopic (exact) mass is 615 g/mol. The normalized spacial score (nSPS) is 11.6. The lowest BCUT2D eigenvalue weighted by Crippen LogP contribution is -2.42. The van der Waals surface area contributed by atoms with Crippen molar-refractivity contribution in [2.24, 2.45) is 5.92 Å². The van der Waals surface area contributed by atoms with Gasteiger partial charge in [-0.25, -0.2) is 0 Å². The zero-order valence-electron chi connectivity index (χ0n) is 26.7. The molecule has 0 radical (unpaired) electrons. The van der Waals surface area contributed by atoms with Crippen LogP contribution >= 0.6 is 0 Å². The second-order valence-corrected chi connectivity index (χ2v) is 10.8. The zero-order chi connectivity index (χ0) is 32.8. The van der Waals surface area contributed by atoms with Crippen molar-refractivity contribution in [3.8, 4) is 11.5 Å². The van der Waals surface area contributed by atoms with Crippen molar-refractivity contribution in [2.45, 2.75) is 40.5 Å². The van der Waals surface area contributed by atoms with Gasteiger partial charge in [-0.05, 0) is 55.2 Å². The minimum absolute atomic E-state index is 0.110. The van der Waals surface area contributed by atoms with Crippen molar-refractivity contribution in [1.82, 2.24) is 15.5 Å². The van der Waals surface area contributed by atoms with Gasteiger partial charge in [-0.15, -0.1) is 0 Å². The maximum absolute atomic E-state index is 13.0. The molecule has 5 N–H and O–H groups in total. The summed E-state index contributed by atoms with van der Waals surface area (Å²) >= 11 is 0. The average molecular weight is 616 g/mol. The van der Waals surface area contributed by atoms with Gasteiger partial charge in [0.2, 0.25) is 5.91 Å². The fourth-order valence-electron chi connectivity index (χ4n) is 4.71. The second kappa shape index (κ2) is 17.4. The number of nitrogens with zero attached hydrogens (tertiary/aromatic N) is 1. The van der Waals surface area contributed by atoms with E-state index in [1.165, 1.54) is 0 Å². The van der Waals surface area contributed by atoms with Gasteiger partial charge in [-0.3, -0.25) is 19.8 Å². The van der Waals surface area contributed by atoms with Gasteiger partial charge in [0.05, 0.1) is 12.3 Å². The number of carbonyl (C=O) groups is 3. The number of carbonyl (C=O) groups excluding carboxylic acids is 3. The molecule has 10 nitrogen and oxygen atoms in total. The summed E-state index contributed by atoms with van der Waals surface area (Å²) < 4.78 is 11.0. The Morgan fingerprint density at radius 1 is 0.844 bits per heavy atom. The molecule has 3 aromatic carbocycles. The molecular formula is C35H45N5O5. The molecule has 0 bridgehead atoms. The van der Waals surface area contributed by atoms with Gasteiger partial charge in [0.1, 0.15) is 13.2 Å². The first-order valence-corrected chi connectivity index (χ1v) is 15.5. The number of nitrogens with two attached hydrogens (primary N) is 1. The van der Waals surface area contributed by atoms with Crippen LogP contribution in [0.4, 0.5) is 5.69 Å². The van der Waals surface area contributed by atoms with E-state index in [0.29, 0.717) is 90.8 Å². The molecule has 0 atom stereocenters. The Morgan fingerprint density at radius 2 is 1.47 bits per heavy atom. The molecule has 1 heterocycles. The van der Waals surface area contributed by atoms with Crippen LogP contribution in [0, 0.1) is 11.3 Å². The number of nitrogen functional groups attached to an aromatic ring is 1. The summed E-state index contributed by atoms with van der Waals surface area (Å²) in [5.74, 6) is 0.666. The number of para-hydroxylation sites is 1. The lowest BCUT2D eigenvalue weighted by Gasteiger charge is -2.25. The maximum atomic E-state index is 13.0. The molecule has 3 aromatic rings. The van der Waals surface area contributed by atoms with Gasteiger partial charge in [0.25, 0.3) is 11.8 Å². The first-order valence-electron chi connectivity index (χ1n) is 15.5. The Bertz CT molecular complexity index is 1460. The Kier molecular flexibility index (Phi) is 13.4. The lowest BCUT2D eigenvalue weighted by atomic mass is 10.00. The third kappa shape index (κ3) is 10.1. The maximum Gasteiger partial charge on any atom is 0.251 e. The van der Waals surface area contributed by atoms with Crippen LogP contribution in [-0.4, -0.2) is 67.7 Å². The van der Waals surface area contributed by atoms with E-state index in [9.17, 15) is 14.4 Å². The molecule has 0 fully saturated rings. The molecule has 0 spiro atoms. The number of ether oxygens (including phenoxy) is 2. The number of nitrogens with one attached hydrogen (secondary N) is 3. The van der Waals surface area contributed by atoms with Crippen LogP contribution in [0.25, 0.3) is 0 Å². The Balaban J connectivity index is 0.00000271. The number of amides is 3. The third-order valence-corrected chi connectivity index (χ3v) is 6.95. The van der Waals surface area contributed by atoms with Crippen LogP contribution in [0.5, 0.6) is 11.5 Å². The van der Waals surface area contributed by atoms with E-state index in [0.717, 1.165) is 0 Å². The predicted molar refractivity (Wildman–Crippen MR) is 177 cm³/mol. The van der Waals surface area contributed by atoms with Crippen LogP contribution in [0.1, 0.15) is 72.4 Å². The van der Waals surface area contributed by atoms with Crippen LogP contribution in [0.15, 0.2) is 66.7 Å². The van der Waals surface area contributed by atoms with Gasteiger partial charge in [0, 0.05) is 47.6 Å². The first kappa shape index (κ1) is 34.6. The third-order valence-electron chi connectivity index (χ3n) is 6.95. The highest BCUT2D eigenvalue weighted by atomic mass is 16.6. The van der Waals surface area contributed by atoms with Gasteiger partial charge in [0.15, 0.2) is 11.5 Å². The van der Waals surface area contributed by atoms with Gasteiger partial charge in [-0.2, -0.15) is 0 Å². The summed E-state index contributed by atoms with van der Waals surface area (Å²) in [7, 11) is 0. The summed E-state index contributed by atoms with van der Waals surface area (Å²) in [6.07, 6.45) is 1.39. The smallest absolute Gasteiger partial charge is 0.251 e. The number of rotatable bonds is 13. The number of fused-ring (bicyclic) bond motifs is 1. The SMILES string of the molecule is CC.CC(C)CN(CCCCNC(=O)c1ccc(C(=N)c2ccccc2N)cc1)C(=O)CNC(=O)c1ccc2c(c1)OCCO2. The van der Waals surface area contributed by atoms with Gasteiger partial charge in [-0.1, -0.05) is 58.0 Å². The molecule has 0 saturated carbocycles. The highest BCUT2D eigenvalue weighted by molar-refractivity contribution is 6.14. The van der Waals surface area contributed by atoms with E-state index in [4.69, 9.17) is 20.6 Å². The second-order valence-electron chi connectivity index (χ2n) is 10.8. The molecule has 4 rings (SSSR count). The lowest BCUT2D eigenvalue weighted by molar-refractivity contribution is -0.130. The number of benzene rings is 3. The van der Waals surface area contributed by atoms with Crippen LogP contribution < -0.4 is 25.8 Å². The van der Waals surface area contributed by atoms with E-state index in [-0.39, 0.29) is 30.2 Å². The quantitative estimate of drug-likeness (QED) is 0.122. The standard InChI is InChI=1S/C33H39N5O5.C2H6/c1-22(2)21-38(30(39)20-37-33(41)25-13-14-28-29(19-25)43-18-17-42-28)16-6-5-15-36-32(40)24-11-9-23(10-12-24)31(35)26-7-3-4-8-27(26)34;1-2/h3-4,7-14,19,22,35H,5-6,15-18,20-21,34H2,1-2H3,(H,36,40)(H,37,41);1-2H3. The highest BCUT2D eigenvalue weighted by Crippen LogP contribution is 2.30. The van der Waals surface area contributed by atoms with Gasteiger partial charge >= 0.3 is 0 Å². The topological polar surface area (TPSA) is 147 Å². The highest BCUT2D eigenvalue weighted by Gasteiger charge is 2.18. The summed E-state index contributed by atoms with van der Waals surface area (Å²) in [5.41, 5.74) is 9.04. The molecule has 240 valence electrons. The van der Waals surface area contributed by atoms with Crippen LogP contribution in [-0.2, 0) is 4.79 Å². The number of anilines is 1. The molecule has 0 saturated heterocycles. The summed E-state index contributed by atoms with van der Waals surface area (Å²) in [4.78, 5) is 40.0. The van der Waals surface area contributed by atoms with Crippen molar-refractivity contribution in [1.29, 1.82) is 5.41 Å². The number of hydrogen-bond acceptors (Lipinski definition) is 7. The summed E-state index contributed by atoms with van der Waals surface area (Å²) in [6.45, 7) is 10.4. The molecule has 3 amide bonds. The minimum Gasteiger partial charge on any atom is -0.486 e. The molecule has 10 heteroatoms. The minimum atomic E-state index is -0.355. The van der Waals surface area contributed by atoms with E-state index in [1.807, 2.05) is 39.8 Å². The van der Waals surface area contributed by atoms with Crippen molar-refractivity contribution in [2.75, 3.05) is 45.1 Å². The summed E-state index contributed by atoms with van der Waals surface area (Å²) in [5, 5.41) is 14.1. The van der Waals surface area contributed by atoms with E-state index >= 15 is 0 Å². The molecule has 1 aliphatic heterocycles. The van der Waals surface area contributed by atoms with Crippen molar-refractivity contribution in [3.05, 3.63) is 89.0 Å². The molecule has 0 aliphatic carbocycles. The van der Waals surface area contributed by atoms with Crippen molar-refractivity contribution >= 4 is 29.1 Å². The fraction of sp³-hybridized carbons (Fsp3) is 0.371. The van der Waals surface area contributed by atoms with Crippen LogP contribution in [0.2, 0.25) is 0 Å². The number of unbranched alkanes of at least 4 members (excludes halogenated alkanes) is 1. The van der Waals surface area contributed by atoms with Crippen LogP contribution in [0.3, 0.4) is 0 Å². The van der Waals surface area contributed by atoms with E-state index < -0.39 is 0 Å². The average Bonchev–Trinajstić information content (AvgIpc) is 3.06. The van der Waals surface area contributed by atoms with E-state index in [1.54, 1.807) is 59.5 Å². The zero-order valence-corrected chi connectivity index (χ0v) is 26.7. The molecule has 45 heavy (non-hydrogen) atoms. The predicted octanol–water partition coefficient (Wildman–Crippen LogP) is 4.91. The Labute approximate surface area is 265 Å². The fourth-order valence-corrected chi connectivity index (χ4v) is 4.71. The molecular weight excluding hydrogens is 570 g/mol. The molecule has 1 aliphatic rings. The van der Waals surface area contributed by atoms with Gasteiger partial charge < -0.3 is 30.7 Å². The Hall–Kier alpha value is -4.86. The Morgan fingerprint density at radius 3 is 2.16 bits per heavy atom. The summed E-state index contributed by atoms with van der Waals surface area (Å²) in [6, 6.07) is 19.0. The molecule has 0 unspecified atom stereocenters. The first-order chi connectivity index (χ1) is 21.7. The van der Waals surface area contributed by atoms with Crippen molar-refractivity contribution in [3.63, 3.8) is 0 Å². The van der Waals surface area contributed by atoms with E-state index in [2.05, 4.69) is 10.6 Å².